The normalized spacial score (nSPS) is 13.0. The standard InChI is InChI=1S/C15H19NO4S2/c1-10(8-9-22(3,18)19)16-15(17)14-7-6-13(21-14)12-5-4-11(2)20-12/h4-7,10H,8-9H2,1-3H3,(H,16,17). The summed E-state index contributed by atoms with van der Waals surface area (Å²) in [5.74, 6) is 1.44. The van der Waals surface area contributed by atoms with Crippen LogP contribution in [-0.4, -0.2) is 32.4 Å². The van der Waals surface area contributed by atoms with E-state index in [0.717, 1.165) is 16.4 Å². The van der Waals surface area contributed by atoms with Crippen LogP contribution in [0.5, 0.6) is 0 Å². The Kier molecular flexibility index (Phi) is 5.08. The summed E-state index contributed by atoms with van der Waals surface area (Å²) < 4.78 is 27.8. The lowest BCUT2D eigenvalue weighted by atomic mass is 10.2. The van der Waals surface area contributed by atoms with Crippen molar-refractivity contribution in [1.82, 2.24) is 5.32 Å². The van der Waals surface area contributed by atoms with Crippen LogP contribution in [0.4, 0.5) is 0 Å². The highest BCUT2D eigenvalue weighted by atomic mass is 32.2. The van der Waals surface area contributed by atoms with E-state index in [1.807, 2.05) is 25.1 Å². The smallest absolute Gasteiger partial charge is 0.261 e. The number of nitrogens with one attached hydrogen (secondary N) is 1. The van der Waals surface area contributed by atoms with Gasteiger partial charge in [0.15, 0.2) is 0 Å². The molecular weight excluding hydrogens is 322 g/mol. The van der Waals surface area contributed by atoms with Crippen LogP contribution in [0.1, 0.15) is 28.8 Å². The van der Waals surface area contributed by atoms with Gasteiger partial charge in [-0.3, -0.25) is 4.79 Å². The van der Waals surface area contributed by atoms with Gasteiger partial charge in [0.05, 0.1) is 15.5 Å². The minimum absolute atomic E-state index is 0.0653. The Morgan fingerprint density at radius 1 is 1.32 bits per heavy atom. The molecule has 5 nitrogen and oxygen atoms in total. The van der Waals surface area contributed by atoms with Crippen molar-refractivity contribution in [1.29, 1.82) is 0 Å². The maximum Gasteiger partial charge on any atom is 0.261 e. The summed E-state index contributed by atoms with van der Waals surface area (Å²) in [6.07, 6.45) is 1.60. The number of rotatable bonds is 6. The number of amides is 1. The molecule has 1 atom stereocenters. The van der Waals surface area contributed by atoms with Crippen LogP contribution in [0.3, 0.4) is 0 Å². The molecule has 2 aromatic rings. The van der Waals surface area contributed by atoms with E-state index in [0.29, 0.717) is 11.3 Å². The molecule has 0 saturated carbocycles. The summed E-state index contributed by atoms with van der Waals surface area (Å²) in [5.41, 5.74) is 0. The fourth-order valence-electron chi connectivity index (χ4n) is 1.92. The Labute approximate surface area is 134 Å². The minimum Gasteiger partial charge on any atom is -0.461 e. The summed E-state index contributed by atoms with van der Waals surface area (Å²) in [6.45, 7) is 3.67. The number of hydrogen-bond acceptors (Lipinski definition) is 5. The van der Waals surface area contributed by atoms with Crippen LogP contribution >= 0.6 is 11.3 Å². The second-order valence-corrected chi connectivity index (χ2v) is 8.71. The molecule has 1 unspecified atom stereocenters. The quantitative estimate of drug-likeness (QED) is 0.876. The Bertz CT molecular complexity index is 758. The molecular formula is C15H19NO4S2. The molecule has 0 aliphatic heterocycles. The molecule has 2 rings (SSSR count). The van der Waals surface area contributed by atoms with Crippen LogP contribution < -0.4 is 5.32 Å². The van der Waals surface area contributed by atoms with E-state index in [2.05, 4.69) is 5.32 Å². The first kappa shape index (κ1) is 16.8. The Morgan fingerprint density at radius 2 is 2.05 bits per heavy atom. The molecule has 0 aliphatic carbocycles. The van der Waals surface area contributed by atoms with Gasteiger partial charge in [-0.25, -0.2) is 8.42 Å². The molecule has 0 aliphatic rings. The molecule has 2 heterocycles. The summed E-state index contributed by atoms with van der Waals surface area (Å²) in [6, 6.07) is 7.15. The second-order valence-electron chi connectivity index (χ2n) is 5.37. The number of aryl methyl sites for hydroxylation is 1. The number of thiophene rings is 1. The molecule has 0 radical (unpaired) electrons. The van der Waals surface area contributed by atoms with E-state index in [-0.39, 0.29) is 17.7 Å². The highest BCUT2D eigenvalue weighted by Crippen LogP contribution is 2.29. The number of carbonyl (C=O) groups is 1. The average Bonchev–Trinajstić information content (AvgIpc) is 3.04. The molecule has 0 fully saturated rings. The van der Waals surface area contributed by atoms with Gasteiger partial charge in [0.1, 0.15) is 21.4 Å². The van der Waals surface area contributed by atoms with Crippen molar-refractivity contribution in [3.8, 4) is 10.6 Å². The SMILES string of the molecule is Cc1ccc(-c2ccc(C(=O)NC(C)CCS(C)(=O)=O)s2)o1. The van der Waals surface area contributed by atoms with Crippen LogP contribution in [0, 0.1) is 6.92 Å². The van der Waals surface area contributed by atoms with Gasteiger partial charge >= 0.3 is 0 Å². The summed E-state index contributed by atoms with van der Waals surface area (Å²) in [7, 11) is -3.01. The largest absolute Gasteiger partial charge is 0.461 e. The predicted octanol–water partition coefficient (Wildman–Crippen LogP) is 2.87. The van der Waals surface area contributed by atoms with E-state index >= 15 is 0 Å². The zero-order valence-electron chi connectivity index (χ0n) is 12.8. The van der Waals surface area contributed by atoms with Crippen LogP contribution in [-0.2, 0) is 9.84 Å². The third kappa shape index (κ3) is 4.71. The molecule has 120 valence electrons. The van der Waals surface area contributed by atoms with Crippen LogP contribution in [0.25, 0.3) is 10.6 Å². The molecule has 0 bridgehead atoms. The van der Waals surface area contributed by atoms with Gasteiger partial charge in [0.25, 0.3) is 5.91 Å². The first-order valence-corrected chi connectivity index (χ1v) is 9.77. The first-order chi connectivity index (χ1) is 10.2. The zero-order valence-corrected chi connectivity index (χ0v) is 14.4. The zero-order chi connectivity index (χ0) is 16.3. The Hall–Kier alpha value is -1.60. The van der Waals surface area contributed by atoms with Gasteiger partial charge in [0.2, 0.25) is 0 Å². The van der Waals surface area contributed by atoms with E-state index in [1.165, 1.54) is 17.6 Å². The molecule has 7 heteroatoms. The van der Waals surface area contributed by atoms with E-state index in [9.17, 15) is 13.2 Å². The van der Waals surface area contributed by atoms with Crippen molar-refractivity contribution >= 4 is 27.1 Å². The number of hydrogen-bond donors (Lipinski definition) is 1. The lowest BCUT2D eigenvalue weighted by Crippen LogP contribution is -2.33. The van der Waals surface area contributed by atoms with Gasteiger partial charge in [-0.15, -0.1) is 11.3 Å². The van der Waals surface area contributed by atoms with Gasteiger partial charge < -0.3 is 9.73 Å². The molecule has 0 saturated heterocycles. The lowest BCUT2D eigenvalue weighted by molar-refractivity contribution is 0.0943. The van der Waals surface area contributed by atoms with Gasteiger partial charge in [-0.05, 0) is 44.5 Å². The van der Waals surface area contributed by atoms with Crippen molar-refractivity contribution in [3.63, 3.8) is 0 Å². The summed E-state index contributed by atoms with van der Waals surface area (Å²) in [5, 5.41) is 2.82. The summed E-state index contributed by atoms with van der Waals surface area (Å²) in [4.78, 5) is 13.6. The van der Waals surface area contributed by atoms with Crippen molar-refractivity contribution in [2.75, 3.05) is 12.0 Å². The monoisotopic (exact) mass is 341 g/mol. The lowest BCUT2D eigenvalue weighted by Gasteiger charge is -2.12. The fourth-order valence-corrected chi connectivity index (χ4v) is 3.57. The maximum absolute atomic E-state index is 12.1. The van der Waals surface area contributed by atoms with Crippen molar-refractivity contribution in [3.05, 3.63) is 34.9 Å². The molecule has 22 heavy (non-hydrogen) atoms. The van der Waals surface area contributed by atoms with Crippen molar-refractivity contribution in [2.45, 2.75) is 26.3 Å². The third-order valence-corrected chi connectivity index (χ3v) is 5.19. The summed E-state index contributed by atoms with van der Waals surface area (Å²) >= 11 is 1.35. The van der Waals surface area contributed by atoms with Gasteiger partial charge in [0, 0.05) is 12.3 Å². The fraction of sp³-hybridized carbons (Fsp3) is 0.400. The highest BCUT2D eigenvalue weighted by Gasteiger charge is 2.15. The van der Waals surface area contributed by atoms with E-state index in [4.69, 9.17) is 4.42 Å². The number of carbonyl (C=O) groups excluding carboxylic acids is 1. The molecule has 1 amide bonds. The van der Waals surface area contributed by atoms with Crippen LogP contribution in [0.15, 0.2) is 28.7 Å². The third-order valence-electron chi connectivity index (χ3n) is 3.11. The molecule has 0 aromatic carbocycles. The maximum atomic E-state index is 12.1. The predicted molar refractivity (Wildman–Crippen MR) is 88.0 cm³/mol. The van der Waals surface area contributed by atoms with Crippen molar-refractivity contribution in [2.24, 2.45) is 0 Å². The minimum atomic E-state index is -3.01. The molecule has 1 N–H and O–H groups in total. The van der Waals surface area contributed by atoms with Crippen LogP contribution in [0.2, 0.25) is 0 Å². The van der Waals surface area contributed by atoms with Gasteiger partial charge in [-0.2, -0.15) is 0 Å². The molecule has 0 spiro atoms. The Morgan fingerprint density at radius 3 is 2.64 bits per heavy atom. The van der Waals surface area contributed by atoms with E-state index < -0.39 is 9.84 Å². The van der Waals surface area contributed by atoms with Gasteiger partial charge in [-0.1, -0.05) is 0 Å². The van der Waals surface area contributed by atoms with Crippen molar-refractivity contribution < 1.29 is 17.6 Å². The topological polar surface area (TPSA) is 76.4 Å². The number of sulfone groups is 1. The first-order valence-electron chi connectivity index (χ1n) is 6.90. The second kappa shape index (κ2) is 6.66. The van der Waals surface area contributed by atoms with E-state index in [1.54, 1.807) is 13.0 Å². The Balaban J connectivity index is 1.97. The molecule has 2 aromatic heterocycles. The number of furan rings is 1. The highest BCUT2D eigenvalue weighted by molar-refractivity contribution is 7.90. The average molecular weight is 341 g/mol.